The summed E-state index contributed by atoms with van der Waals surface area (Å²) in [6.45, 7) is 5.96. The van der Waals surface area contributed by atoms with Crippen LogP contribution in [0.25, 0.3) is 0 Å². The fourth-order valence-corrected chi connectivity index (χ4v) is 6.73. The van der Waals surface area contributed by atoms with E-state index in [1.165, 1.54) is 20.5 Å². The average molecular weight is 562 g/mol. The Morgan fingerprint density at radius 3 is 2.61 bits per heavy atom. The molecule has 1 aliphatic carbocycles. The Morgan fingerprint density at radius 2 is 1.97 bits per heavy atom. The largest absolute Gasteiger partial charge is 0.481 e. The van der Waals surface area contributed by atoms with E-state index in [2.05, 4.69) is 30.9 Å². The Balaban J connectivity index is 1.43. The summed E-state index contributed by atoms with van der Waals surface area (Å²) >= 11 is 7.97. The van der Waals surface area contributed by atoms with Crippen LogP contribution in [-0.2, 0) is 16.0 Å². The average Bonchev–Trinajstić information content (AvgIpc) is 3.23. The van der Waals surface area contributed by atoms with Crippen LogP contribution >= 0.6 is 22.9 Å². The van der Waals surface area contributed by atoms with Crippen molar-refractivity contribution in [1.29, 1.82) is 0 Å². The van der Waals surface area contributed by atoms with E-state index in [0.717, 1.165) is 42.8 Å². The fraction of sp³-hybridized carbons (Fsp3) is 0.571. The number of aromatic nitrogens is 1. The van der Waals surface area contributed by atoms with Crippen LogP contribution < -0.4 is 11.6 Å². The lowest BCUT2D eigenvalue weighted by atomic mass is 9.84. The number of ether oxygens (including phenoxy) is 1. The van der Waals surface area contributed by atoms with E-state index in [0.29, 0.717) is 43.8 Å². The molecule has 2 heterocycles. The number of morpholine rings is 1. The topological polar surface area (TPSA) is 118 Å². The van der Waals surface area contributed by atoms with E-state index >= 15 is 0 Å². The monoisotopic (exact) mass is 561 g/mol. The molecule has 0 amide bonds. The van der Waals surface area contributed by atoms with Crippen LogP contribution in [-0.4, -0.2) is 63.9 Å². The number of rotatable bonds is 10. The zero-order valence-corrected chi connectivity index (χ0v) is 23.9. The molecular formula is C28H40ClN5O3S. The number of nitrogens with zero attached hydrogens (tertiary/aromatic N) is 3. The molecule has 5 N–H and O–H groups in total. The summed E-state index contributed by atoms with van der Waals surface area (Å²) in [5.41, 5.74) is 9.42. The minimum atomic E-state index is -0.830. The van der Waals surface area contributed by atoms with Crippen molar-refractivity contribution in [2.75, 3.05) is 19.7 Å². The van der Waals surface area contributed by atoms with Gasteiger partial charge in [-0.1, -0.05) is 23.7 Å². The number of carbonyl (C=O) groups is 1. The molecule has 1 saturated heterocycles. The van der Waals surface area contributed by atoms with Gasteiger partial charge in [-0.25, -0.2) is 10.8 Å². The number of carboxylic acid groups (broad SMARTS) is 1. The van der Waals surface area contributed by atoms with E-state index < -0.39 is 5.97 Å². The molecule has 0 bridgehead atoms. The van der Waals surface area contributed by atoms with E-state index in [1.54, 1.807) is 6.20 Å². The SMILES string of the molecule is Cc1nc(C2CCC(N3C[C@H](/C(N)=C/N(N)CCCC(=O)O)OC[C@@H]3Cc3ccc(Cl)cc3)CC2)sc1C. The van der Waals surface area contributed by atoms with Gasteiger partial charge in [0.25, 0.3) is 0 Å². The lowest BCUT2D eigenvalue weighted by Crippen LogP contribution is -2.56. The molecule has 1 aromatic carbocycles. The van der Waals surface area contributed by atoms with Crippen molar-refractivity contribution in [1.82, 2.24) is 14.9 Å². The van der Waals surface area contributed by atoms with Gasteiger partial charge in [0, 0.05) is 53.6 Å². The maximum absolute atomic E-state index is 10.8. The molecule has 1 saturated carbocycles. The second-order valence-corrected chi connectivity index (χ2v) is 12.2. The fourth-order valence-electron chi connectivity index (χ4n) is 5.51. The van der Waals surface area contributed by atoms with E-state index in [-0.39, 0.29) is 18.6 Å². The highest BCUT2D eigenvalue weighted by atomic mass is 35.5. The summed E-state index contributed by atoms with van der Waals surface area (Å²) in [6, 6.07) is 8.77. The van der Waals surface area contributed by atoms with Gasteiger partial charge in [0.05, 0.1) is 23.0 Å². The van der Waals surface area contributed by atoms with Gasteiger partial charge in [-0.2, -0.15) is 0 Å². The van der Waals surface area contributed by atoms with Crippen molar-refractivity contribution in [3.05, 3.63) is 62.3 Å². The quantitative estimate of drug-likeness (QED) is 0.285. The van der Waals surface area contributed by atoms with Gasteiger partial charge in [0.2, 0.25) is 0 Å². The summed E-state index contributed by atoms with van der Waals surface area (Å²) in [4.78, 5) is 19.6. The first-order chi connectivity index (χ1) is 18.2. The molecule has 2 atom stereocenters. The van der Waals surface area contributed by atoms with Gasteiger partial charge < -0.3 is 20.6 Å². The van der Waals surface area contributed by atoms with Crippen molar-refractivity contribution in [3.63, 3.8) is 0 Å². The number of nitrogens with two attached hydrogens (primary N) is 2. The predicted molar refractivity (Wildman–Crippen MR) is 152 cm³/mol. The Hall–Kier alpha value is -2.17. The van der Waals surface area contributed by atoms with Gasteiger partial charge in [-0.15, -0.1) is 11.3 Å². The van der Waals surface area contributed by atoms with E-state index in [9.17, 15) is 4.79 Å². The van der Waals surface area contributed by atoms with E-state index in [4.69, 9.17) is 38.0 Å². The molecule has 38 heavy (non-hydrogen) atoms. The molecule has 10 heteroatoms. The van der Waals surface area contributed by atoms with Crippen molar-refractivity contribution in [2.45, 2.75) is 82.9 Å². The van der Waals surface area contributed by atoms with Crippen LogP contribution in [0.2, 0.25) is 5.02 Å². The minimum absolute atomic E-state index is 0.0737. The third-order valence-corrected chi connectivity index (χ3v) is 9.26. The first-order valence-corrected chi connectivity index (χ1v) is 14.6. The highest BCUT2D eigenvalue weighted by molar-refractivity contribution is 7.11. The molecule has 8 nitrogen and oxygen atoms in total. The molecule has 0 unspecified atom stereocenters. The first-order valence-electron chi connectivity index (χ1n) is 13.5. The van der Waals surface area contributed by atoms with Crippen molar-refractivity contribution in [2.24, 2.45) is 11.6 Å². The van der Waals surface area contributed by atoms with Gasteiger partial charge in [-0.05, 0) is 70.1 Å². The van der Waals surface area contributed by atoms with Gasteiger partial charge in [0.15, 0.2) is 0 Å². The smallest absolute Gasteiger partial charge is 0.303 e. The second-order valence-electron chi connectivity index (χ2n) is 10.6. The van der Waals surface area contributed by atoms with Gasteiger partial charge in [-0.3, -0.25) is 9.69 Å². The van der Waals surface area contributed by atoms with Crippen LogP contribution in [0, 0.1) is 13.8 Å². The number of thiazole rings is 1. The number of hydrazine groups is 1. The molecule has 4 rings (SSSR count). The highest BCUT2D eigenvalue weighted by Gasteiger charge is 2.37. The maximum Gasteiger partial charge on any atom is 0.303 e. The lowest BCUT2D eigenvalue weighted by Gasteiger charge is -2.46. The number of aryl methyl sites for hydroxylation is 2. The molecule has 1 aromatic heterocycles. The molecule has 2 aromatic rings. The molecule has 2 fully saturated rings. The maximum atomic E-state index is 10.8. The van der Waals surface area contributed by atoms with Crippen molar-refractivity contribution >= 4 is 28.9 Å². The number of hydrogen-bond acceptors (Lipinski definition) is 8. The number of carboxylic acids is 1. The molecule has 0 radical (unpaired) electrons. The standard InChI is InChI=1S/C28H40ClN5O3S/c1-18-19(2)38-28(32-18)21-7-11-23(12-8-21)34-16-26(25(30)15-33(31)13-3-4-27(35)36)37-17-24(34)14-20-5-9-22(29)10-6-20/h5-6,9-10,15,21,23-24,26H,3-4,7-8,11-14,16-17,30-31H2,1-2H3,(H,35,36)/b25-15-/t21?,23?,24-,26+/m0/s1. The van der Waals surface area contributed by atoms with Crippen molar-refractivity contribution < 1.29 is 14.6 Å². The van der Waals surface area contributed by atoms with E-state index in [1.807, 2.05) is 23.5 Å². The summed E-state index contributed by atoms with van der Waals surface area (Å²) in [7, 11) is 0. The zero-order chi connectivity index (χ0) is 27.2. The summed E-state index contributed by atoms with van der Waals surface area (Å²) in [6.07, 6.45) is 7.36. The molecule has 208 valence electrons. The predicted octanol–water partition coefficient (Wildman–Crippen LogP) is 4.59. The third-order valence-electron chi connectivity index (χ3n) is 7.77. The Bertz CT molecular complexity index is 1080. The lowest BCUT2D eigenvalue weighted by molar-refractivity contribution is -0.137. The van der Waals surface area contributed by atoms with Crippen LogP contribution in [0.1, 0.15) is 65.6 Å². The summed E-state index contributed by atoms with van der Waals surface area (Å²) in [5, 5.41) is 12.4. The van der Waals surface area contributed by atoms with Gasteiger partial charge >= 0.3 is 5.97 Å². The molecule has 2 aliphatic rings. The number of benzene rings is 1. The number of aliphatic carboxylic acids is 1. The summed E-state index contributed by atoms with van der Waals surface area (Å²) < 4.78 is 6.27. The summed E-state index contributed by atoms with van der Waals surface area (Å²) in [5.74, 6) is 5.78. The second kappa shape index (κ2) is 13.3. The normalized spacial score (nSPS) is 24.9. The van der Waals surface area contributed by atoms with Crippen LogP contribution in [0.15, 0.2) is 36.2 Å². The highest BCUT2D eigenvalue weighted by Crippen LogP contribution is 2.38. The Kier molecular flexibility index (Phi) is 10.1. The number of hydrogen-bond donors (Lipinski definition) is 3. The van der Waals surface area contributed by atoms with Gasteiger partial charge in [0.1, 0.15) is 6.10 Å². The van der Waals surface area contributed by atoms with Crippen molar-refractivity contribution in [3.8, 4) is 0 Å². The van der Waals surface area contributed by atoms with Crippen LogP contribution in [0.4, 0.5) is 0 Å². The first kappa shape index (κ1) is 28.8. The molecule has 1 aliphatic heterocycles. The Labute approximate surface area is 234 Å². The Morgan fingerprint density at radius 1 is 1.26 bits per heavy atom. The zero-order valence-electron chi connectivity index (χ0n) is 22.3. The number of halogens is 1. The molecular weight excluding hydrogens is 522 g/mol. The molecule has 0 spiro atoms. The van der Waals surface area contributed by atoms with Crippen LogP contribution in [0.5, 0.6) is 0 Å². The third kappa shape index (κ3) is 7.70. The van der Waals surface area contributed by atoms with Crippen LogP contribution in [0.3, 0.4) is 0 Å². The minimum Gasteiger partial charge on any atom is -0.481 e.